The van der Waals surface area contributed by atoms with Gasteiger partial charge in [-0.2, -0.15) is 5.10 Å². The van der Waals surface area contributed by atoms with Crippen LogP contribution in [0.15, 0.2) is 66.7 Å². The van der Waals surface area contributed by atoms with Crippen molar-refractivity contribution in [1.82, 2.24) is 30.6 Å². The highest BCUT2D eigenvalue weighted by Crippen LogP contribution is 2.18. The first-order chi connectivity index (χ1) is 22.5. The summed E-state index contributed by atoms with van der Waals surface area (Å²) < 4.78 is 5.31. The van der Waals surface area contributed by atoms with Crippen LogP contribution in [0.4, 0.5) is 10.9 Å². The van der Waals surface area contributed by atoms with E-state index in [0.29, 0.717) is 37.3 Å². The lowest BCUT2D eigenvalue weighted by Crippen LogP contribution is -2.43. The summed E-state index contributed by atoms with van der Waals surface area (Å²) in [7, 11) is 0. The third-order valence-corrected chi connectivity index (χ3v) is 8.23. The molecule has 2 aromatic heterocycles. The molecule has 12 nitrogen and oxygen atoms in total. The molecule has 46 heavy (non-hydrogen) atoms. The van der Waals surface area contributed by atoms with Gasteiger partial charge in [0.15, 0.2) is 5.82 Å². The Hall–Kier alpha value is -4.59. The van der Waals surface area contributed by atoms with E-state index in [9.17, 15) is 14.4 Å². The van der Waals surface area contributed by atoms with Gasteiger partial charge < -0.3 is 20.7 Å². The van der Waals surface area contributed by atoms with Gasteiger partial charge in [0, 0.05) is 26.1 Å². The van der Waals surface area contributed by atoms with E-state index in [1.165, 1.54) is 11.3 Å². The molecule has 0 spiro atoms. The summed E-state index contributed by atoms with van der Waals surface area (Å²) in [6.07, 6.45) is 3.79. The predicted octanol–water partition coefficient (Wildman–Crippen LogP) is 3.20. The quantitative estimate of drug-likeness (QED) is 0.166. The second-order valence-electron chi connectivity index (χ2n) is 11.0. The summed E-state index contributed by atoms with van der Waals surface area (Å²) >= 11 is 1.38. The Morgan fingerprint density at radius 2 is 1.41 bits per heavy atom. The van der Waals surface area contributed by atoms with Gasteiger partial charge in [-0.3, -0.25) is 19.3 Å². The number of rotatable bonds is 15. The molecule has 3 N–H and O–H groups in total. The fourth-order valence-electron chi connectivity index (χ4n) is 4.86. The average Bonchev–Trinajstić information content (AvgIpc) is 3.51. The van der Waals surface area contributed by atoms with Gasteiger partial charge in [-0.15, -0.1) is 15.3 Å². The largest absolute Gasteiger partial charge is 0.379 e. The molecule has 3 amide bonds. The summed E-state index contributed by atoms with van der Waals surface area (Å²) in [6, 6.07) is 20.8. The first-order valence-corrected chi connectivity index (χ1v) is 16.2. The number of benzene rings is 2. The SMILES string of the molecule is O=C(CN1CCOCC1)NCc1ccc(CC(=O)Nc2nnc(CCCCc3ccc(NC(=O)Cc4ccccc4)nn3)s2)cc1. The molecule has 0 unspecified atom stereocenters. The second-order valence-corrected chi connectivity index (χ2v) is 12.1. The summed E-state index contributed by atoms with van der Waals surface area (Å²) in [5.41, 5.74) is 3.64. The Kier molecular flexibility index (Phi) is 12.3. The number of aromatic nitrogens is 4. The first-order valence-electron chi connectivity index (χ1n) is 15.4. The van der Waals surface area contributed by atoms with E-state index in [4.69, 9.17) is 4.74 Å². The molecule has 240 valence electrons. The van der Waals surface area contributed by atoms with Crippen LogP contribution < -0.4 is 16.0 Å². The Labute approximate surface area is 272 Å². The van der Waals surface area contributed by atoms with Crippen LogP contribution in [-0.4, -0.2) is 75.9 Å². The molecule has 0 saturated carbocycles. The number of carbonyl (C=O) groups excluding carboxylic acids is 3. The van der Waals surface area contributed by atoms with Crippen molar-refractivity contribution in [3.63, 3.8) is 0 Å². The Balaban J connectivity index is 0.956. The summed E-state index contributed by atoms with van der Waals surface area (Å²) in [6.45, 7) is 3.69. The standard InChI is InChI=1S/C33H38N8O4S/c42-29(20-24-6-2-1-3-7-24)35-28-15-14-27(37-38-28)8-4-5-9-32-39-40-33(46-32)36-30(43)21-25-10-12-26(13-11-25)22-34-31(44)23-41-16-18-45-19-17-41/h1-3,6-7,10-15H,4-5,8-9,16-23H2,(H,34,44)(H,35,38,42)(H,36,40,43). The minimum absolute atomic E-state index is 0.0101. The van der Waals surface area contributed by atoms with E-state index in [1.807, 2.05) is 60.7 Å². The maximum atomic E-state index is 12.6. The number of hydrogen-bond donors (Lipinski definition) is 3. The number of aryl methyl sites for hydroxylation is 2. The highest BCUT2D eigenvalue weighted by atomic mass is 32.1. The fourth-order valence-corrected chi connectivity index (χ4v) is 5.66. The van der Waals surface area contributed by atoms with Gasteiger partial charge >= 0.3 is 0 Å². The van der Waals surface area contributed by atoms with Gasteiger partial charge in [-0.1, -0.05) is 65.9 Å². The van der Waals surface area contributed by atoms with Crippen LogP contribution in [0.5, 0.6) is 0 Å². The predicted molar refractivity (Wildman–Crippen MR) is 175 cm³/mol. The van der Waals surface area contributed by atoms with Crippen molar-refractivity contribution in [2.75, 3.05) is 43.5 Å². The van der Waals surface area contributed by atoms with Crippen LogP contribution in [0.25, 0.3) is 0 Å². The summed E-state index contributed by atoms with van der Waals surface area (Å²) in [5, 5.41) is 26.6. The number of ether oxygens (including phenoxy) is 1. The molecular formula is C33H38N8O4S. The second kappa shape index (κ2) is 17.2. The molecule has 1 aliphatic rings. The van der Waals surface area contributed by atoms with Crippen molar-refractivity contribution < 1.29 is 19.1 Å². The molecule has 3 heterocycles. The molecule has 0 aliphatic carbocycles. The van der Waals surface area contributed by atoms with Gasteiger partial charge in [0.05, 0.1) is 38.3 Å². The third kappa shape index (κ3) is 11.1. The van der Waals surface area contributed by atoms with E-state index in [2.05, 4.69) is 41.2 Å². The molecule has 0 bridgehead atoms. The van der Waals surface area contributed by atoms with Crippen LogP contribution in [0, 0.1) is 0 Å². The van der Waals surface area contributed by atoms with Crippen molar-refractivity contribution >= 4 is 40.0 Å². The molecule has 2 aromatic carbocycles. The molecule has 0 atom stereocenters. The van der Waals surface area contributed by atoms with Gasteiger partial charge in [0.2, 0.25) is 22.9 Å². The number of hydrogen-bond acceptors (Lipinski definition) is 10. The van der Waals surface area contributed by atoms with Crippen LogP contribution >= 0.6 is 11.3 Å². The maximum absolute atomic E-state index is 12.6. The molecule has 13 heteroatoms. The summed E-state index contributed by atoms with van der Waals surface area (Å²) in [4.78, 5) is 39.1. The lowest BCUT2D eigenvalue weighted by molar-refractivity contribution is -0.123. The summed E-state index contributed by atoms with van der Waals surface area (Å²) in [5.74, 6) is 0.135. The molecule has 1 saturated heterocycles. The van der Waals surface area contributed by atoms with Crippen LogP contribution in [0.2, 0.25) is 0 Å². The number of nitrogens with zero attached hydrogens (tertiary/aromatic N) is 5. The van der Waals surface area contributed by atoms with Gasteiger partial charge in [0.25, 0.3) is 0 Å². The Bertz CT molecular complexity index is 1560. The van der Waals surface area contributed by atoms with Gasteiger partial charge in [-0.25, -0.2) is 0 Å². The maximum Gasteiger partial charge on any atom is 0.234 e. The van der Waals surface area contributed by atoms with Crippen molar-refractivity contribution in [1.29, 1.82) is 0 Å². The number of anilines is 2. The minimum Gasteiger partial charge on any atom is -0.379 e. The first kappa shape index (κ1) is 32.8. The zero-order chi connectivity index (χ0) is 32.0. The molecule has 1 fully saturated rings. The van der Waals surface area contributed by atoms with Crippen molar-refractivity contribution in [2.24, 2.45) is 0 Å². The van der Waals surface area contributed by atoms with Crippen LogP contribution in [0.3, 0.4) is 0 Å². The third-order valence-electron chi connectivity index (χ3n) is 7.33. The monoisotopic (exact) mass is 642 g/mol. The highest BCUT2D eigenvalue weighted by Gasteiger charge is 2.14. The van der Waals surface area contributed by atoms with Crippen LogP contribution in [-0.2, 0) is 51.3 Å². The van der Waals surface area contributed by atoms with Crippen molar-refractivity contribution in [3.8, 4) is 0 Å². The number of unbranched alkanes of at least 4 members (excludes halogenated alkanes) is 1. The number of amides is 3. The number of morpholine rings is 1. The molecule has 4 aromatic rings. The highest BCUT2D eigenvalue weighted by molar-refractivity contribution is 7.15. The smallest absolute Gasteiger partial charge is 0.234 e. The Morgan fingerprint density at radius 1 is 0.717 bits per heavy atom. The van der Waals surface area contributed by atoms with E-state index in [0.717, 1.165) is 66.2 Å². The Morgan fingerprint density at radius 3 is 2.15 bits per heavy atom. The molecule has 5 rings (SSSR count). The lowest BCUT2D eigenvalue weighted by Gasteiger charge is -2.25. The topological polar surface area (TPSA) is 151 Å². The zero-order valence-corrected chi connectivity index (χ0v) is 26.4. The van der Waals surface area contributed by atoms with Crippen LogP contribution in [0.1, 0.15) is 40.2 Å². The molecule has 1 aliphatic heterocycles. The normalized spacial score (nSPS) is 13.2. The van der Waals surface area contributed by atoms with Gasteiger partial charge in [-0.05, 0) is 48.1 Å². The molecule has 0 radical (unpaired) electrons. The van der Waals surface area contributed by atoms with Crippen molar-refractivity contribution in [3.05, 3.63) is 94.1 Å². The zero-order valence-electron chi connectivity index (χ0n) is 25.6. The number of nitrogens with one attached hydrogen (secondary N) is 3. The van der Waals surface area contributed by atoms with Crippen molar-refractivity contribution in [2.45, 2.75) is 45.1 Å². The van der Waals surface area contributed by atoms with E-state index >= 15 is 0 Å². The minimum atomic E-state index is -0.160. The average molecular weight is 643 g/mol. The van der Waals surface area contributed by atoms with E-state index in [-0.39, 0.29) is 30.6 Å². The molecular weight excluding hydrogens is 604 g/mol. The van der Waals surface area contributed by atoms with Gasteiger partial charge in [0.1, 0.15) is 5.01 Å². The lowest BCUT2D eigenvalue weighted by atomic mass is 10.1. The number of carbonyl (C=O) groups is 3. The fraction of sp³-hybridized carbons (Fsp3) is 0.364. The van der Waals surface area contributed by atoms with E-state index in [1.54, 1.807) is 6.07 Å². The van der Waals surface area contributed by atoms with E-state index < -0.39 is 0 Å².